The van der Waals surface area contributed by atoms with Crippen molar-refractivity contribution < 1.29 is 29.2 Å². The van der Waals surface area contributed by atoms with Gasteiger partial charge >= 0.3 is 6.16 Å². The molecule has 1 rings (SSSR count). The predicted octanol–water partition coefficient (Wildman–Crippen LogP) is 12.0. The maximum atomic E-state index is 11.8. The first kappa shape index (κ1) is 38.9. The van der Waals surface area contributed by atoms with Crippen molar-refractivity contribution in [1.82, 2.24) is 0 Å². The van der Waals surface area contributed by atoms with Crippen molar-refractivity contribution in [3.8, 4) is 23.0 Å². The molecule has 250 valence electrons. The van der Waals surface area contributed by atoms with Crippen molar-refractivity contribution >= 4 is 6.16 Å². The van der Waals surface area contributed by atoms with Crippen LogP contribution in [0.5, 0.6) is 23.0 Å². The molecule has 0 bridgehead atoms. The van der Waals surface area contributed by atoms with Gasteiger partial charge < -0.3 is 24.4 Å². The number of benzene rings is 1. The van der Waals surface area contributed by atoms with Gasteiger partial charge in [0, 0.05) is 11.1 Å². The Morgan fingerprint density at radius 2 is 0.837 bits per heavy atom. The van der Waals surface area contributed by atoms with E-state index in [0.29, 0.717) is 25.4 Å². The molecule has 0 atom stereocenters. The molecule has 0 fully saturated rings. The number of phenols is 1. The molecular formula is C37H66O6. The van der Waals surface area contributed by atoms with Crippen molar-refractivity contribution in [3.05, 3.63) is 11.1 Å². The van der Waals surface area contributed by atoms with Crippen LogP contribution in [0.15, 0.2) is 0 Å². The van der Waals surface area contributed by atoms with Crippen LogP contribution in [0.25, 0.3) is 0 Å². The third-order valence-electron chi connectivity index (χ3n) is 8.29. The fourth-order valence-corrected chi connectivity index (χ4v) is 5.70. The first-order valence-corrected chi connectivity index (χ1v) is 18.1. The Morgan fingerprint density at radius 1 is 0.488 bits per heavy atom. The number of ether oxygens (including phenoxy) is 3. The van der Waals surface area contributed by atoms with Gasteiger partial charge in [-0.1, -0.05) is 143 Å². The molecule has 6 nitrogen and oxygen atoms in total. The Morgan fingerprint density at radius 3 is 1.26 bits per heavy atom. The standard InChI is InChI=1S/C37H66O6/c1-5-9-13-17-19-21-25-29-41-35-32(28-24-16-12-8-4)31(27-23-15-11-7-3)34(43-37(39)40)33(38)36(35)42-30-26-22-20-18-14-10-6-2/h38H,5-30H2,1-4H3,(H,39,40). The maximum absolute atomic E-state index is 11.8. The van der Waals surface area contributed by atoms with E-state index in [4.69, 9.17) is 14.2 Å². The zero-order valence-corrected chi connectivity index (χ0v) is 28.4. The van der Waals surface area contributed by atoms with E-state index in [1.54, 1.807) is 0 Å². The number of hydrogen-bond acceptors (Lipinski definition) is 5. The van der Waals surface area contributed by atoms with Gasteiger partial charge in [0.2, 0.25) is 11.5 Å². The van der Waals surface area contributed by atoms with Crippen molar-refractivity contribution in [3.63, 3.8) is 0 Å². The van der Waals surface area contributed by atoms with Gasteiger partial charge in [0.1, 0.15) is 0 Å². The Bertz CT molecular complexity index is 837. The van der Waals surface area contributed by atoms with Gasteiger partial charge in [0.15, 0.2) is 11.5 Å². The zero-order chi connectivity index (χ0) is 31.5. The molecule has 0 unspecified atom stereocenters. The minimum absolute atomic E-state index is 0.0346. The first-order chi connectivity index (χ1) is 21.0. The number of aromatic hydroxyl groups is 1. The fourth-order valence-electron chi connectivity index (χ4n) is 5.70. The normalized spacial score (nSPS) is 11.2. The second kappa shape index (κ2) is 26.3. The number of rotatable bonds is 29. The molecular weight excluding hydrogens is 540 g/mol. The van der Waals surface area contributed by atoms with Crippen LogP contribution in [0.1, 0.15) is 180 Å². The van der Waals surface area contributed by atoms with E-state index in [9.17, 15) is 15.0 Å². The van der Waals surface area contributed by atoms with E-state index in [-0.39, 0.29) is 17.2 Å². The zero-order valence-electron chi connectivity index (χ0n) is 28.4. The lowest BCUT2D eigenvalue weighted by molar-refractivity contribution is 0.141. The first-order valence-electron chi connectivity index (χ1n) is 18.1. The number of carboxylic acid groups (broad SMARTS) is 1. The third-order valence-corrected chi connectivity index (χ3v) is 8.29. The van der Waals surface area contributed by atoms with Gasteiger partial charge in [0.05, 0.1) is 13.2 Å². The van der Waals surface area contributed by atoms with Crippen LogP contribution in [0.3, 0.4) is 0 Å². The molecule has 0 spiro atoms. The Balaban J connectivity index is 3.28. The summed E-state index contributed by atoms with van der Waals surface area (Å²) in [6, 6.07) is 0. The minimum Gasteiger partial charge on any atom is -0.502 e. The van der Waals surface area contributed by atoms with Crippen LogP contribution >= 0.6 is 0 Å². The highest BCUT2D eigenvalue weighted by atomic mass is 16.7. The maximum Gasteiger partial charge on any atom is 0.511 e. The highest BCUT2D eigenvalue weighted by Crippen LogP contribution is 2.50. The molecule has 0 saturated carbocycles. The molecule has 43 heavy (non-hydrogen) atoms. The minimum atomic E-state index is -1.42. The van der Waals surface area contributed by atoms with E-state index in [2.05, 4.69) is 27.7 Å². The Labute approximate surface area is 264 Å². The molecule has 2 N–H and O–H groups in total. The molecule has 0 saturated heterocycles. The van der Waals surface area contributed by atoms with Gasteiger partial charge in [0.25, 0.3) is 0 Å². The van der Waals surface area contributed by atoms with E-state index < -0.39 is 6.16 Å². The molecule has 0 aromatic heterocycles. The van der Waals surface area contributed by atoms with Crippen LogP contribution in [0.4, 0.5) is 4.79 Å². The average molecular weight is 607 g/mol. The molecule has 0 radical (unpaired) electrons. The average Bonchev–Trinajstić information content (AvgIpc) is 2.99. The molecule has 0 amide bonds. The van der Waals surface area contributed by atoms with Crippen molar-refractivity contribution in [2.24, 2.45) is 0 Å². The molecule has 6 heteroatoms. The Kier molecular flexibility index (Phi) is 23.8. The number of hydrogen-bond donors (Lipinski definition) is 2. The molecule has 0 heterocycles. The molecule has 1 aromatic carbocycles. The molecule has 0 aliphatic carbocycles. The van der Waals surface area contributed by atoms with Gasteiger partial charge in [-0.05, 0) is 38.5 Å². The predicted molar refractivity (Wildman–Crippen MR) is 179 cm³/mol. The second-order valence-electron chi connectivity index (χ2n) is 12.2. The smallest absolute Gasteiger partial charge is 0.502 e. The van der Waals surface area contributed by atoms with Crippen LogP contribution in [0, 0.1) is 0 Å². The van der Waals surface area contributed by atoms with Crippen LogP contribution in [-0.2, 0) is 12.8 Å². The summed E-state index contributed by atoms with van der Waals surface area (Å²) >= 11 is 0. The third kappa shape index (κ3) is 17.1. The molecule has 0 aliphatic heterocycles. The Hall–Kier alpha value is -2.11. The molecule has 0 aliphatic rings. The summed E-state index contributed by atoms with van der Waals surface area (Å²) in [4.78, 5) is 11.8. The largest absolute Gasteiger partial charge is 0.511 e. The summed E-state index contributed by atoms with van der Waals surface area (Å²) in [5, 5.41) is 21.1. The number of carbonyl (C=O) groups is 1. The fraction of sp³-hybridized carbons (Fsp3) is 0.811. The van der Waals surface area contributed by atoms with Crippen LogP contribution in [-0.4, -0.2) is 29.6 Å². The van der Waals surface area contributed by atoms with E-state index in [0.717, 1.165) is 94.6 Å². The second-order valence-corrected chi connectivity index (χ2v) is 12.2. The lowest BCUT2D eigenvalue weighted by Crippen LogP contribution is -2.12. The summed E-state index contributed by atoms with van der Waals surface area (Å²) in [6.07, 6.45) is 25.0. The number of phenolic OH excluding ortho intramolecular Hbond substituents is 1. The summed E-state index contributed by atoms with van der Waals surface area (Å²) < 4.78 is 18.1. The highest BCUT2D eigenvalue weighted by molar-refractivity contribution is 5.71. The van der Waals surface area contributed by atoms with Crippen LogP contribution in [0.2, 0.25) is 0 Å². The summed E-state index contributed by atoms with van der Waals surface area (Å²) in [7, 11) is 0. The van der Waals surface area contributed by atoms with E-state index >= 15 is 0 Å². The van der Waals surface area contributed by atoms with E-state index in [1.165, 1.54) is 64.2 Å². The van der Waals surface area contributed by atoms with E-state index in [1.807, 2.05) is 0 Å². The van der Waals surface area contributed by atoms with Gasteiger partial charge in [-0.15, -0.1) is 0 Å². The van der Waals surface area contributed by atoms with Gasteiger partial charge in [-0.2, -0.15) is 0 Å². The lowest BCUT2D eigenvalue weighted by atomic mass is 9.93. The number of unbranched alkanes of at least 4 members (excludes halogenated alkanes) is 18. The SMILES string of the molecule is CCCCCCCCCOc1c(O)c(OC(=O)O)c(CCCCCC)c(CCCCCC)c1OCCCCCCCCC. The lowest BCUT2D eigenvalue weighted by Gasteiger charge is -2.23. The van der Waals surface area contributed by atoms with Crippen molar-refractivity contribution in [2.75, 3.05) is 13.2 Å². The quantitative estimate of drug-likeness (QED) is 0.0536. The summed E-state index contributed by atoms with van der Waals surface area (Å²) in [5.74, 6) is 0.661. The van der Waals surface area contributed by atoms with Gasteiger partial charge in [-0.3, -0.25) is 0 Å². The highest BCUT2D eigenvalue weighted by Gasteiger charge is 2.28. The summed E-state index contributed by atoms with van der Waals surface area (Å²) in [6.45, 7) is 9.85. The summed E-state index contributed by atoms with van der Waals surface area (Å²) in [5.41, 5.74) is 1.73. The van der Waals surface area contributed by atoms with Gasteiger partial charge in [-0.25, -0.2) is 4.79 Å². The topological polar surface area (TPSA) is 85.2 Å². The van der Waals surface area contributed by atoms with Crippen molar-refractivity contribution in [1.29, 1.82) is 0 Å². The molecule has 1 aromatic rings. The monoisotopic (exact) mass is 606 g/mol. The van der Waals surface area contributed by atoms with Crippen LogP contribution < -0.4 is 14.2 Å². The van der Waals surface area contributed by atoms with Crippen molar-refractivity contribution in [2.45, 2.75) is 182 Å².